The quantitative estimate of drug-likeness (QED) is 0.125. The summed E-state index contributed by atoms with van der Waals surface area (Å²) in [6.07, 6.45) is 6.50. The maximum atomic E-state index is 14.7. The van der Waals surface area contributed by atoms with Crippen LogP contribution in [0.25, 0.3) is 0 Å². The molecule has 0 aromatic heterocycles. The zero-order valence-corrected chi connectivity index (χ0v) is 28.8. The maximum absolute atomic E-state index is 14.7. The van der Waals surface area contributed by atoms with Gasteiger partial charge in [0.25, 0.3) is 5.91 Å². The van der Waals surface area contributed by atoms with Crippen LogP contribution in [0.1, 0.15) is 63.0 Å². The lowest BCUT2D eigenvalue weighted by Gasteiger charge is -2.37. The van der Waals surface area contributed by atoms with Crippen molar-refractivity contribution in [3.63, 3.8) is 0 Å². The minimum Gasteiger partial charge on any atom is -0.497 e. The highest BCUT2D eigenvalue weighted by Crippen LogP contribution is 2.59. The first-order chi connectivity index (χ1) is 24.3. The van der Waals surface area contributed by atoms with Gasteiger partial charge in [0.15, 0.2) is 0 Å². The SMILES string of the molecule is C=CCCC(=O)NC[C@H](OC(=O)[C@@H]1[C@H]2C(=O)N(CCCCCCO)[C@H](C(=O)N(CC=C)c3ccc(OC)cc3)[C@]23CC[C@H]1O3)c1ccccc1. The summed E-state index contributed by atoms with van der Waals surface area (Å²) in [6, 6.07) is 15.3. The fraction of sp³-hybridized carbons (Fsp3) is 0.487. The third-order valence-corrected chi connectivity index (χ3v) is 10.1. The fourth-order valence-electron chi connectivity index (χ4n) is 7.69. The Morgan fingerprint density at radius 1 is 1.08 bits per heavy atom. The second-order valence-corrected chi connectivity index (χ2v) is 13.1. The molecule has 0 aliphatic carbocycles. The second kappa shape index (κ2) is 17.0. The Morgan fingerprint density at radius 3 is 2.50 bits per heavy atom. The van der Waals surface area contributed by atoms with Crippen molar-refractivity contribution in [3.05, 3.63) is 85.5 Å². The lowest BCUT2D eigenvalue weighted by Crippen LogP contribution is -2.56. The summed E-state index contributed by atoms with van der Waals surface area (Å²) >= 11 is 0. The fourth-order valence-corrected chi connectivity index (χ4v) is 7.69. The van der Waals surface area contributed by atoms with Crippen LogP contribution in [0.5, 0.6) is 5.75 Å². The number of carbonyl (C=O) groups excluding carboxylic acids is 4. The number of nitrogens with zero attached hydrogens (tertiary/aromatic N) is 2. The molecule has 2 bridgehead atoms. The van der Waals surface area contributed by atoms with Crippen LogP contribution < -0.4 is 15.0 Å². The maximum Gasteiger partial charge on any atom is 0.313 e. The van der Waals surface area contributed by atoms with Crippen LogP contribution in [0.3, 0.4) is 0 Å². The molecule has 2 aromatic rings. The minimum atomic E-state index is -1.21. The first-order valence-corrected chi connectivity index (χ1v) is 17.6. The smallest absolute Gasteiger partial charge is 0.313 e. The van der Waals surface area contributed by atoms with Crippen molar-refractivity contribution < 1.29 is 38.5 Å². The van der Waals surface area contributed by atoms with Crippen LogP contribution in [0.4, 0.5) is 5.69 Å². The van der Waals surface area contributed by atoms with Crippen LogP contribution in [-0.2, 0) is 28.7 Å². The molecule has 0 unspecified atom stereocenters. The Balaban J connectivity index is 1.44. The van der Waals surface area contributed by atoms with Gasteiger partial charge in [-0.25, -0.2) is 0 Å². The Labute approximate surface area is 294 Å². The minimum absolute atomic E-state index is 0.0627. The predicted octanol–water partition coefficient (Wildman–Crippen LogP) is 4.51. The van der Waals surface area contributed by atoms with E-state index < -0.39 is 41.7 Å². The molecule has 5 rings (SSSR count). The van der Waals surface area contributed by atoms with E-state index in [9.17, 15) is 24.3 Å². The summed E-state index contributed by atoms with van der Waals surface area (Å²) in [5, 5.41) is 12.1. The normalized spacial score (nSPS) is 24.0. The van der Waals surface area contributed by atoms with Gasteiger partial charge in [-0.3, -0.25) is 19.2 Å². The van der Waals surface area contributed by atoms with E-state index in [1.807, 2.05) is 30.3 Å². The van der Waals surface area contributed by atoms with E-state index in [1.54, 1.807) is 53.3 Å². The second-order valence-electron chi connectivity index (χ2n) is 13.1. The van der Waals surface area contributed by atoms with Crippen LogP contribution in [-0.4, -0.2) is 84.8 Å². The highest BCUT2D eigenvalue weighted by Gasteiger charge is 2.75. The number of likely N-dealkylation sites (tertiary alicyclic amines) is 1. The zero-order chi connectivity index (χ0) is 35.7. The Morgan fingerprint density at radius 2 is 1.82 bits per heavy atom. The van der Waals surface area contributed by atoms with Gasteiger partial charge in [0.1, 0.15) is 23.5 Å². The number of carbonyl (C=O) groups is 4. The lowest BCUT2D eigenvalue weighted by atomic mass is 9.70. The van der Waals surface area contributed by atoms with Gasteiger partial charge in [0.05, 0.1) is 31.6 Å². The van der Waals surface area contributed by atoms with Gasteiger partial charge in [-0.2, -0.15) is 0 Å². The number of unbranched alkanes of at least 4 members (excludes halogenated alkanes) is 3. The number of esters is 1. The molecule has 6 atom stereocenters. The number of aliphatic hydroxyl groups is 1. The number of benzene rings is 2. The molecule has 268 valence electrons. The molecule has 11 nitrogen and oxygen atoms in total. The van der Waals surface area contributed by atoms with Gasteiger partial charge < -0.3 is 34.4 Å². The Bertz CT molecular complexity index is 1510. The molecule has 3 fully saturated rings. The summed E-state index contributed by atoms with van der Waals surface area (Å²) in [4.78, 5) is 59.2. The number of allylic oxidation sites excluding steroid dienone is 1. The highest BCUT2D eigenvalue weighted by atomic mass is 16.6. The molecular weight excluding hydrogens is 638 g/mol. The van der Waals surface area contributed by atoms with Crippen LogP contribution in [0.15, 0.2) is 79.9 Å². The number of anilines is 1. The molecule has 3 saturated heterocycles. The summed E-state index contributed by atoms with van der Waals surface area (Å²) in [7, 11) is 1.57. The third-order valence-electron chi connectivity index (χ3n) is 10.1. The number of ether oxygens (including phenoxy) is 3. The molecule has 2 N–H and O–H groups in total. The van der Waals surface area contributed by atoms with Crippen LogP contribution >= 0.6 is 0 Å². The summed E-state index contributed by atoms with van der Waals surface area (Å²) in [5.74, 6) is -2.55. The molecule has 3 amide bonds. The molecule has 3 heterocycles. The molecule has 3 aliphatic heterocycles. The first-order valence-electron chi connectivity index (χ1n) is 17.6. The van der Waals surface area contributed by atoms with E-state index in [0.717, 1.165) is 12.8 Å². The predicted molar refractivity (Wildman–Crippen MR) is 188 cm³/mol. The summed E-state index contributed by atoms with van der Waals surface area (Å²) in [5.41, 5.74) is 0.120. The molecular formula is C39H49N3O8. The van der Waals surface area contributed by atoms with Gasteiger partial charge in [0, 0.05) is 31.8 Å². The number of hydrogen-bond acceptors (Lipinski definition) is 8. The average Bonchev–Trinajstić information content (AvgIpc) is 3.78. The molecule has 0 radical (unpaired) electrons. The van der Waals surface area contributed by atoms with E-state index in [2.05, 4.69) is 18.5 Å². The topological polar surface area (TPSA) is 135 Å². The third kappa shape index (κ3) is 7.63. The molecule has 2 aromatic carbocycles. The monoisotopic (exact) mass is 687 g/mol. The van der Waals surface area contributed by atoms with E-state index in [1.165, 1.54) is 0 Å². The van der Waals surface area contributed by atoms with E-state index in [4.69, 9.17) is 14.2 Å². The molecule has 3 aliphatic rings. The lowest BCUT2D eigenvalue weighted by molar-refractivity contribution is -0.160. The largest absolute Gasteiger partial charge is 0.497 e. The number of nitrogens with one attached hydrogen (secondary N) is 1. The molecule has 11 heteroatoms. The highest BCUT2D eigenvalue weighted by molar-refractivity contribution is 6.04. The summed E-state index contributed by atoms with van der Waals surface area (Å²) in [6.45, 7) is 8.21. The van der Waals surface area contributed by atoms with Crippen molar-refractivity contribution >= 4 is 29.4 Å². The molecule has 1 spiro atoms. The number of methoxy groups -OCH3 is 1. The van der Waals surface area contributed by atoms with Crippen molar-refractivity contribution in [2.24, 2.45) is 11.8 Å². The van der Waals surface area contributed by atoms with Crippen molar-refractivity contribution in [2.45, 2.75) is 75.2 Å². The number of amides is 3. The average molecular weight is 688 g/mol. The van der Waals surface area contributed by atoms with E-state index >= 15 is 0 Å². The Hall–Kier alpha value is -4.48. The standard InChI is InChI=1S/C39H49N3O8/c1-4-6-16-32(44)40-26-31(27-14-10-9-11-15-27)49-38(47)33-30-21-22-39(50-30)34(33)36(45)42(24-12-7-8-13-25-43)35(39)37(46)41(23-5-2)28-17-19-29(48-3)20-18-28/h4-5,9-11,14-15,17-20,30-31,33-35,43H,1-2,6-8,12-13,16,21-26H2,3H3,(H,40,44)/t30-,31+,33+,34+,35-,39+/m1/s1. The van der Waals surface area contributed by atoms with Crippen molar-refractivity contribution in [1.29, 1.82) is 0 Å². The van der Waals surface area contributed by atoms with Crippen molar-refractivity contribution in [2.75, 3.05) is 38.3 Å². The van der Waals surface area contributed by atoms with Gasteiger partial charge >= 0.3 is 5.97 Å². The van der Waals surface area contributed by atoms with E-state index in [-0.39, 0.29) is 43.8 Å². The van der Waals surface area contributed by atoms with Gasteiger partial charge in [-0.15, -0.1) is 13.2 Å². The van der Waals surface area contributed by atoms with Crippen LogP contribution in [0, 0.1) is 11.8 Å². The number of hydrogen-bond donors (Lipinski definition) is 2. The number of aliphatic hydroxyl groups excluding tert-OH is 1. The molecule has 0 saturated carbocycles. The Kier molecular flexibility index (Phi) is 12.5. The number of fused-ring (bicyclic) bond motifs is 1. The van der Waals surface area contributed by atoms with Crippen molar-refractivity contribution in [3.8, 4) is 5.75 Å². The zero-order valence-electron chi connectivity index (χ0n) is 28.8. The van der Waals surface area contributed by atoms with Crippen molar-refractivity contribution in [1.82, 2.24) is 10.2 Å². The summed E-state index contributed by atoms with van der Waals surface area (Å²) < 4.78 is 18.1. The van der Waals surface area contributed by atoms with Gasteiger partial charge in [0.2, 0.25) is 11.8 Å². The van der Waals surface area contributed by atoms with Gasteiger partial charge in [-0.1, -0.05) is 55.3 Å². The molecule has 50 heavy (non-hydrogen) atoms. The van der Waals surface area contributed by atoms with E-state index in [0.29, 0.717) is 55.6 Å². The van der Waals surface area contributed by atoms with Gasteiger partial charge in [-0.05, 0) is 61.9 Å². The first kappa shape index (κ1) is 36.8. The number of rotatable bonds is 19. The van der Waals surface area contributed by atoms with Crippen LogP contribution in [0.2, 0.25) is 0 Å².